The minimum atomic E-state index is 0.810. The lowest BCUT2D eigenvalue weighted by atomic mass is 10.1. The first-order chi connectivity index (χ1) is 17.3. The Morgan fingerprint density at radius 2 is 1.57 bits per heavy atom. The van der Waals surface area contributed by atoms with Gasteiger partial charge in [0.05, 0.1) is 18.5 Å². The quantitative estimate of drug-likeness (QED) is 0.321. The zero-order valence-electron chi connectivity index (χ0n) is 20.0. The molecule has 0 fully saturated rings. The summed E-state index contributed by atoms with van der Waals surface area (Å²) >= 11 is 0. The molecule has 2 aromatic carbocycles. The molecule has 1 aliphatic carbocycles. The Bertz CT molecular complexity index is 1440. The number of ether oxygens (including phenoxy) is 1. The molecule has 4 aromatic rings. The molecule has 0 amide bonds. The highest BCUT2D eigenvalue weighted by Gasteiger charge is 2.23. The minimum absolute atomic E-state index is 0.810. The maximum absolute atomic E-state index is 5.80. The SMILES string of the molecule is COC1=CC(c2cccn2Cc2ccccc2)=N/C1=C/c1c2c(cn1Cc1ccccc1)CCC2. The fourth-order valence-electron chi connectivity index (χ4n) is 5.22. The smallest absolute Gasteiger partial charge is 0.146 e. The fourth-order valence-corrected chi connectivity index (χ4v) is 5.22. The van der Waals surface area contributed by atoms with Crippen molar-refractivity contribution >= 4 is 11.8 Å². The normalized spacial score (nSPS) is 15.9. The van der Waals surface area contributed by atoms with E-state index in [4.69, 9.17) is 9.73 Å². The van der Waals surface area contributed by atoms with Crippen molar-refractivity contribution in [3.05, 3.63) is 136 Å². The van der Waals surface area contributed by atoms with Crippen LogP contribution in [-0.2, 0) is 30.7 Å². The molecule has 0 saturated carbocycles. The third-order valence-electron chi connectivity index (χ3n) is 6.93. The second-order valence-electron chi connectivity index (χ2n) is 9.23. The Hall–Kier alpha value is -4.05. The first-order valence-electron chi connectivity index (χ1n) is 12.3. The first-order valence-corrected chi connectivity index (χ1v) is 12.3. The largest absolute Gasteiger partial charge is 0.494 e. The number of allylic oxidation sites excluding steroid dienone is 1. The van der Waals surface area contributed by atoms with Gasteiger partial charge in [0.15, 0.2) is 0 Å². The van der Waals surface area contributed by atoms with E-state index in [2.05, 4.69) is 106 Å². The van der Waals surface area contributed by atoms with Gasteiger partial charge >= 0.3 is 0 Å². The van der Waals surface area contributed by atoms with Crippen LogP contribution in [0.4, 0.5) is 0 Å². The van der Waals surface area contributed by atoms with E-state index in [1.54, 1.807) is 7.11 Å². The van der Waals surface area contributed by atoms with Crippen molar-refractivity contribution in [1.29, 1.82) is 0 Å². The highest BCUT2D eigenvalue weighted by molar-refractivity contribution is 6.11. The van der Waals surface area contributed by atoms with Crippen molar-refractivity contribution in [3.8, 4) is 0 Å². The second kappa shape index (κ2) is 9.30. The van der Waals surface area contributed by atoms with Crippen LogP contribution in [0.1, 0.15) is 40.1 Å². The zero-order valence-corrected chi connectivity index (χ0v) is 20.0. The highest BCUT2D eigenvalue weighted by atomic mass is 16.5. The van der Waals surface area contributed by atoms with Crippen molar-refractivity contribution in [2.75, 3.05) is 7.11 Å². The van der Waals surface area contributed by atoms with E-state index in [-0.39, 0.29) is 0 Å². The molecule has 3 heterocycles. The van der Waals surface area contributed by atoms with Crippen molar-refractivity contribution in [2.45, 2.75) is 32.4 Å². The second-order valence-corrected chi connectivity index (χ2v) is 9.23. The predicted molar refractivity (Wildman–Crippen MR) is 142 cm³/mol. The maximum atomic E-state index is 5.80. The van der Waals surface area contributed by atoms with Crippen LogP contribution in [0.3, 0.4) is 0 Å². The van der Waals surface area contributed by atoms with Gasteiger partial charge in [0.1, 0.15) is 11.5 Å². The number of rotatable bonds is 7. The van der Waals surface area contributed by atoms with Crippen LogP contribution in [0, 0.1) is 0 Å². The van der Waals surface area contributed by atoms with E-state index < -0.39 is 0 Å². The average Bonchev–Trinajstić information content (AvgIpc) is 3.67. The zero-order chi connectivity index (χ0) is 23.6. The van der Waals surface area contributed by atoms with Gasteiger partial charge in [-0.2, -0.15) is 0 Å². The standard InChI is InChI=1S/C31H29N3O/c1-35-31-19-27(29-16-9-17-33(29)20-23-10-4-2-5-11-23)32-28(31)18-30-26-15-8-14-25(26)22-34(30)21-24-12-6-3-7-13-24/h2-7,9-13,16-19,22H,8,14-15,20-21H2,1H3/b28-18+. The molecule has 2 aliphatic rings. The molecule has 4 heteroatoms. The molecule has 0 spiro atoms. The van der Waals surface area contributed by atoms with Crippen LogP contribution in [0.15, 0.2) is 108 Å². The number of nitrogens with zero attached hydrogens (tertiary/aromatic N) is 3. The third kappa shape index (κ3) is 4.28. The Morgan fingerprint density at radius 3 is 2.29 bits per heavy atom. The molecular weight excluding hydrogens is 430 g/mol. The first kappa shape index (κ1) is 21.5. The number of aryl methyl sites for hydroxylation is 1. The Labute approximate surface area is 206 Å². The lowest BCUT2D eigenvalue weighted by Crippen LogP contribution is -2.07. The molecule has 35 heavy (non-hydrogen) atoms. The van der Waals surface area contributed by atoms with Crippen LogP contribution in [0.5, 0.6) is 0 Å². The number of aromatic nitrogens is 2. The van der Waals surface area contributed by atoms with Gasteiger partial charge in [-0.15, -0.1) is 0 Å². The fraction of sp³-hybridized carbons (Fsp3) is 0.194. The van der Waals surface area contributed by atoms with Crippen molar-refractivity contribution in [1.82, 2.24) is 9.13 Å². The Morgan fingerprint density at radius 1 is 0.857 bits per heavy atom. The van der Waals surface area contributed by atoms with Crippen molar-refractivity contribution < 1.29 is 4.74 Å². The number of aliphatic imine (C=N–C) groups is 1. The molecule has 0 radical (unpaired) electrons. The van der Waals surface area contributed by atoms with Crippen molar-refractivity contribution in [2.24, 2.45) is 4.99 Å². The van der Waals surface area contributed by atoms with Crippen LogP contribution in [0.2, 0.25) is 0 Å². The number of fused-ring (bicyclic) bond motifs is 1. The molecule has 0 bridgehead atoms. The predicted octanol–water partition coefficient (Wildman–Crippen LogP) is 6.25. The van der Waals surface area contributed by atoms with Gasteiger partial charge in [0.25, 0.3) is 0 Å². The lowest BCUT2D eigenvalue weighted by molar-refractivity contribution is 0.303. The summed E-state index contributed by atoms with van der Waals surface area (Å²) in [7, 11) is 1.73. The molecule has 6 rings (SSSR count). The summed E-state index contributed by atoms with van der Waals surface area (Å²) in [5.74, 6) is 0.812. The molecule has 4 nitrogen and oxygen atoms in total. The summed E-state index contributed by atoms with van der Waals surface area (Å²) in [6, 6.07) is 25.4. The van der Waals surface area contributed by atoms with Gasteiger partial charge in [-0.05, 0) is 59.7 Å². The maximum Gasteiger partial charge on any atom is 0.146 e. The number of hydrogen-bond acceptors (Lipinski definition) is 2. The Balaban J connectivity index is 1.36. The van der Waals surface area contributed by atoms with E-state index in [1.165, 1.54) is 34.4 Å². The molecule has 2 aromatic heterocycles. The topological polar surface area (TPSA) is 31.4 Å². The van der Waals surface area contributed by atoms with E-state index in [9.17, 15) is 0 Å². The van der Waals surface area contributed by atoms with Gasteiger partial charge in [-0.3, -0.25) is 0 Å². The average molecular weight is 460 g/mol. The van der Waals surface area contributed by atoms with Crippen LogP contribution < -0.4 is 0 Å². The molecular formula is C31H29N3O. The molecule has 1 aliphatic heterocycles. The van der Waals surface area contributed by atoms with E-state index in [0.717, 1.165) is 48.8 Å². The lowest BCUT2D eigenvalue weighted by Gasteiger charge is -2.10. The molecule has 0 saturated heterocycles. The van der Waals surface area contributed by atoms with E-state index in [1.807, 2.05) is 0 Å². The highest BCUT2D eigenvalue weighted by Crippen LogP contribution is 2.32. The van der Waals surface area contributed by atoms with Crippen LogP contribution in [0.25, 0.3) is 6.08 Å². The van der Waals surface area contributed by atoms with Gasteiger partial charge in [0.2, 0.25) is 0 Å². The van der Waals surface area contributed by atoms with E-state index in [0.29, 0.717) is 0 Å². The number of benzene rings is 2. The van der Waals surface area contributed by atoms with Crippen molar-refractivity contribution in [3.63, 3.8) is 0 Å². The summed E-state index contributed by atoms with van der Waals surface area (Å²) < 4.78 is 10.4. The third-order valence-corrected chi connectivity index (χ3v) is 6.93. The molecule has 0 unspecified atom stereocenters. The molecule has 0 atom stereocenters. The van der Waals surface area contributed by atoms with Gasteiger partial charge in [-0.1, -0.05) is 60.7 Å². The van der Waals surface area contributed by atoms with Gasteiger partial charge in [0, 0.05) is 37.3 Å². The van der Waals surface area contributed by atoms with E-state index >= 15 is 0 Å². The Kier molecular flexibility index (Phi) is 5.71. The number of hydrogen-bond donors (Lipinski definition) is 0. The van der Waals surface area contributed by atoms with Gasteiger partial charge in [-0.25, -0.2) is 4.99 Å². The summed E-state index contributed by atoms with van der Waals surface area (Å²) in [5.41, 5.74) is 9.67. The minimum Gasteiger partial charge on any atom is -0.494 e. The summed E-state index contributed by atoms with van der Waals surface area (Å²) in [4.78, 5) is 5.06. The van der Waals surface area contributed by atoms with Gasteiger partial charge < -0.3 is 13.9 Å². The van der Waals surface area contributed by atoms with Crippen LogP contribution in [-0.4, -0.2) is 22.0 Å². The molecule has 0 N–H and O–H groups in total. The summed E-state index contributed by atoms with van der Waals surface area (Å²) in [6.07, 6.45) is 12.2. The monoisotopic (exact) mass is 459 g/mol. The molecule has 174 valence electrons. The number of methoxy groups -OCH3 is 1. The van der Waals surface area contributed by atoms with Crippen LogP contribution >= 0.6 is 0 Å². The summed E-state index contributed by atoms with van der Waals surface area (Å²) in [6.45, 7) is 1.67. The summed E-state index contributed by atoms with van der Waals surface area (Å²) in [5, 5.41) is 0.